The molecule has 11 aromatic rings. The van der Waals surface area contributed by atoms with Crippen LogP contribution in [-0.2, 0) is 19.0 Å². The summed E-state index contributed by atoms with van der Waals surface area (Å²) in [6.07, 6.45) is 31.1. The zero-order valence-electron chi connectivity index (χ0n) is 89.3. The second kappa shape index (κ2) is 53.2. The van der Waals surface area contributed by atoms with Gasteiger partial charge in [0.15, 0.2) is 0 Å². The third kappa shape index (κ3) is 29.4. The number of benzene rings is 11. The van der Waals surface area contributed by atoms with Gasteiger partial charge in [-0.05, 0) is 348 Å². The number of anilines is 5. The van der Waals surface area contributed by atoms with Crippen molar-refractivity contribution in [1.29, 1.82) is 0 Å². The van der Waals surface area contributed by atoms with Crippen LogP contribution in [0.2, 0.25) is 0 Å². The molecule has 19 rings (SSSR count). The maximum atomic E-state index is 13.6. The number of carbonyl (C=O) groups is 4. The maximum Gasteiger partial charge on any atom is 0.418 e. The molecular formula is C129H158F4N8O8. The van der Waals surface area contributed by atoms with Crippen LogP contribution in [0.4, 0.5) is 65.2 Å². The van der Waals surface area contributed by atoms with E-state index in [1.807, 2.05) is 97.0 Å². The lowest BCUT2D eigenvalue weighted by molar-refractivity contribution is -0.137. The molecule has 4 N–H and O–H groups in total. The molecule has 149 heavy (non-hydrogen) atoms. The molecule has 16 nitrogen and oxygen atoms in total. The number of rotatable bonds is 28. The Kier molecular flexibility index (Phi) is 39.0. The van der Waals surface area contributed by atoms with Crippen molar-refractivity contribution in [1.82, 2.24) is 16.0 Å². The molecule has 4 saturated carbocycles. The van der Waals surface area contributed by atoms with Crippen molar-refractivity contribution in [3.05, 3.63) is 293 Å². The van der Waals surface area contributed by atoms with Crippen molar-refractivity contribution in [3.63, 3.8) is 0 Å². The third-order valence-electron chi connectivity index (χ3n) is 32.5. The lowest BCUT2D eigenvalue weighted by Gasteiger charge is -2.35. The maximum absolute atomic E-state index is 13.6. The third-order valence-corrected chi connectivity index (χ3v) is 32.5. The molecule has 4 heterocycles. The summed E-state index contributed by atoms with van der Waals surface area (Å²) < 4.78 is 78.9. The monoisotopic (exact) mass is 2020 g/mol. The molecule has 4 atom stereocenters. The van der Waals surface area contributed by atoms with Crippen LogP contribution in [-0.4, -0.2) is 94.4 Å². The van der Waals surface area contributed by atoms with Crippen LogP contribution < -0.4 is 59.8 Å². The fourth-order valence-electron chi connectivity index (χ4n) is 23.4. The molecular weight excluding hydrogens is 1870 g/mol. The number of aryl methyl sites for hydroxylation is 1. The average molecular weight is 2020 g/mol. The van der Waals surface area contributed by atoms with E-state index < -0.39 is 29.3 Å². The van der Waals surface area contributed by atoms with E-state index in [9.17, 15) is 36.7 Å². The van der Waals surface area contributed by atoms with Gasteiger partial charge in [-0.2, -0.15) is 13.2 Å². The quantitative estimate of drug-likeness (QED) is 0.0278. The van der Waals surface area contributed by atoms with Crippen molar-refractivity contribution in [2.75, 3.05) is 70.7 Å². The second-order valence-corrected chi connectivity index (χ2v) is 43.0. The van der Waals surface area contributed by atoms with E-state index in [-0.39, 0.29) is 49.1 Å². The molecule has 0 saturated heterocycles. The second-order valence-electron chi connectivity index (χ2n) is 43.0. The predicted octanol–water partition coefficient (Wildman–Crippen LogP) is 33.6. The fraction of sp³-hybridized carbons (Fsp3) is 0.457. The number of carbonyl (C=O) groups excluding carboxylic acids is 4. The van der Waals surface area contributed by atoms with Gasteiger partial charge < -0.3 is 40.2 Å². The van der Waals surface area contributed by atoms with E-state index in [2.05, 4.69) is 226 Å². The van der Waals surface area contributed by atoms with Crippen LogP contribution >= 0.6 is 0 Å². The first kappa shape index (κ1) is 109. The predicted molar refractivity (Wildman–Crippen MR) is 601 cm³/mol. The van der Waals surface area contributed by atoms with E-state index >= 15 is 0 Å². The summed E-state index contributed by atoms with van der Waals surface area (Å²) in [6.45, 7) is 23.4. The van der Waals surface area contributed by atoms with Gasteiger partial charge in [-0.1, -0.05) is 281 Å². The lowest BCUT2D eigenvalue weighted by Crippen LogP contribution is -2.47. The molecule has 20 heteroatoms. The Labute approximate surface area is 883 Å². The highest BCUT2D eigenvalue weighted by Crippen LogP contribution is 2.48. The lowest BCUT2D eigenvalue weighted by atomic mass is 9.77. The van der Waals surface area contributed by atoms with E-state index in [4.69, 9.17) is 18.9 Å². The molecule has 4 aliphatic heterocycles. The number of nitrogens with one attached hydrogen (secondary N) is 4. The van der Waals surface area contributed by atoms with Gasteiger partial charge in [0.1, 0.15) is 53.2 Å². The molecule has 0 spiro atoms. The summed E-state index contributed by atoms with van der Waals surface area (Å²) in [5.41, 5.74) is 18.5. The van der Waals surface area contributed by atoms with Crippen molar-refractivity contribution in [3.8, 4) is 67.5 Å². The number of alkyl halides is 3. The van der Waals surface area contributed by atoms with Crippen molar-refractivity contribution >= 4 is 52.6 Å². The number of hydrogen-bond acceptors (Lipinski definition) is 8. The molecule has 8 aliphatic rings. The zero-order chi connectivity index (χ0) is 104. The SMILES string of the molecule is CCC1CCC(c2ccc(-c3ccc4c(c3)OC(C)CN4C(=O)NCCCc3ccccc3)cc2)CC1.CCC1CCC(c2ccc(-c3ccc4c(c3)OC(C)CN4C(=O)NCCc3ccccc3)cc2)CC1.CCCC1CN(C(=O)Nc2ccc(F)cc2C(F)(F)F)c2ccc(-c3ccc(C4CCC(CC)CC4)cc3)cc2O1.CCCCCCCNC(=O)N1CC(C)Oc2cc(-c3ccc(C4CCC(CC)CC4)cc3)ccc21. The largest absolute Gasteiger partial charge is 0.487 e. The smallest absolute Gasteiger partial charge is 0.418 e. The van der Waals surface area contributed by atoms with Crippen LogP contribution in [0.15, 0.2) is 249 Å². The summed E-state index contributed by atoms with van der Waals surface area (Å²) in [5.74, 6) is 8.13. The van der Waals surface area contributed by atoms with Crippen LogP contribution in [0.5, 0.6) is 23.0 Å². The number of fused-ring (bicyclic) bond motifs is 4. The van der Waals surface area contributed by atoms with E-state index in [0.717, 1.165) is 137 Å². The van der Waals surface area contributed by atoms with Gasteiger partial charge in [0.25, 0.3) is 0 Å². The van der Waals surface area contributed by atoms with Gasteiger partial charge in [0.2, 0.25) is 0 Å². The normalized spacial score (nSPS) is 21.2. The van der Waals surface area contributed by atoms with Crippen molar-refractivity contribution in [2.24, 2.45) is 23.7 Å². The van der Waals surface area contributed by atoms with E-state index in [1.165, 1.54) is 209 Å². The Bertz CT molecular complexity index is 6120. The minimum Gasteiger partial charge on any atom is -0.487 e. The standard InChI is InChI=1S/C33H36F4N2O2.C33H40N2O2.C32H38N2O2.C31H44N2O2/c1-3-5-27-20-39(32(40)38-29-16-15-26(34)19-28(29)33(35,36)37)30-17-14-25(18-31(30)41-27)24-12-10-23(11-13-24)22-8-6-21(4-2)7-9-22;1-3-25-11-13-27(14-12-25)28-15-17-29(18-16-28)30-19-20-31-32(22-30)37-24(2)23-35(31)33(36)34-21-7-10-26-8-5-4-6-9-26;1-3-24-9-11-26(12-10-24)27-13-15-28(16-14-27)29-17-18-30-31(21-29)36-23(2)22-34(30)32(35)33-20-19-25-7-5-4-6-8-25;1-4-6-7-8-9-20-32-31(34)33-22-23(3)35-30-21-28(18-19-29(30)33)27-16-14-26(15-17-27)25-12-10-24(5-2)11-13-25/h10-19,21-22,27H,3-9,20H2,1-2H3,(H,38,40);4-6,8-9,15-20,22,24-25,27H,3,7,10-14,21,23H2,1-2H3,(H,34,36);4-8,13-18,21,23-24,26H,3,9-12,19-20,22H2,1-2H3,(H,33,35);14-19,21,23-25H,4-13,20,22H2,1-3H3,(H,32,34). The van der Waals surface area contributed by atoms with E-state index in [0.29, 0.717) is 80.3 Å². The summed E-state index contributed by atoms with van der Waals surface area (Å²) in [6, 6.07) is 82.1. The Morgan fingerprint density at radius 1 is 0.315 bits per heavy atom. The van der Waals surface area contributed by atoms with Gasteiger partial charge in [-0.25, -0.2) is 23.6 Å². The number of hydrogen-bond donors (Lipinski definition) is 4. The highest BCUT2D eigenvalue weighted by Gasteiger charge is 2.39. The average Bonchev–Trinajstić information content (AvgIpc) is 0.792. The molecule has 0 bridgehead atoms. The molecule has 4 fully saturated rings. The van der Waals surface area contributed by atoms with Gasteiger partial charge >= 0.3 is 30.3 Å². The van der Waals surface area contributed by atoms with Gasteiger partial charge in [-0.15, -0.1) is 0 Å². The zero-order valence-corrected chi connectivity index (χ0v) is 89.3. The van der Waals surface area contributed by atoms with Crippen molar-refractivity contribution < 1.29 is 55.7 Å². The molecule has 0 aromatic heterocycles. The van der Waals surface area contributed by atoms with Crippen LogP contribution in [0, 0.1) is 29.5 Å². The number of amides is 8. The Morgan fingerprint density at radius 3 is 0.966 bits per heavy atom. The molecule has 0 radical (unpaired) electrons. The molecule has 790 valence electrons. The number of unbranched alkanes of at least 4 members (excludes halogenated alkanes) is 4. The Morgan fingerprint density at radius 2 is 0.631 bits per heavy atom. The number of nitrogens with zero attached hydrogens (tertiary/aromatic N) is 4. The molecule has 4 aliphatic carbocycles. The summed E-state index contributed by atoms with van der Waals surface area (Å²) in [4.78, 5) is 59.2. The Balaban J connectivity index is 0.000000142. The first-order valence-electron chi connectivity index (χ1n) is 56.3. The molecule has 4 unspecified atom stereocenters. The topological polar surface area (TPSA) is 166 Å². The summed E-state index contributed by atoms with van der Waals surface area (Å²) in [7, 11) is 0. The molecule has 8 amide bonds. The number of urea groups is 4. The fourth-order valence-corrected chi connectivity index (χ4v) is 23.4. The first-order valence-corrected chi connectivity index (χ1v) is 56.3. The number of halogens is 4. The minimum atomic E-state index is -4.82. The highest BCUT2D eigenvalue weighted by atomic mass is 19.4. The number of ether oxygens (including phenoxy) is 4. The van der Waals surface area contributed by atoms with Gasteiger partial charge in [0.05, 0.1) is 60.2 Å². The van der Waals surface area contributed by atoms with Crippen LogP contribution in [0.25, 0.3) is 44.5 Å². The van der Waals surface area contributed by atoms with Gasteiger partial charge in [0, 0.05) is 19.6 Å². The Hall–Kier alpha value is -12.6. The first-order chi connectivity index (χ1) is 72.4. The minimum absolute atomic E-state index is 0.0215. The van der Waals surface area contributed by atoms with Gasteiger partial charge in [-0.3, -0.25) is 19.6 Å². The highest BCUT2D eigenvalue weighted by molar-refractivity contribution is 6.04. The summed E-state index contributed by atoms with van der Waals surface area (Å²) in [5, 5.41) is 11.7. The summed E-state index contributed by atoms with van der Waals surface area (Å²) >= 11 is 0. The van der Waals surface area contributed by atoms with Crippen LogP contribution in [0.3, 0.4) is 0 Å². The van der Waals surface area contributed by atoms with Crippen molar-refractivity contribution in [2.45, 2.75) is 309 Å². The molecule has 11 aromatic carbocycles. The van der Waals surface area contributed by atoms with Crippen LogP contribution in [0.1, 0.15) is 305 Å². The van der Waals surface area contributed by atoms with E-state index in [1.54, 1.807) is 6.07 Å².